The average Bonchev–Trinajstić information content (AvgIpc) is 3.41. The molecule has 1 aliphatic heterocycles. The number of carbonyl (C=O) groups is 2. The van der Waals surface area contributed by atoms with Crippen molar-refractivity contribution in [3.63, 3.8) is 0 Å². The number of hydrogen-bond acceptors (Lipinski definition) is 5. The Bertz CT molecular complexity index is 875. The lowest BCUT2D eigenvalue weighted by atomic mass is 9.98. The molecule has 8 heteroatoms. The SMILES string of the molecule is CCC(C)[C@H](NC(=O)N1CCCC1)C(=O)Nc1nc(-c2ccc(OC)cc2)c(C)s1. The number of urea groups is 1. The lowest BCUT2D eigenvalue weighted by molar-refractivity contribution is -0.119. The van der Waals surface area contributed by atoms with Crippen molar-refractivity contribution in [1.82, 2.24) is 15.2 Å². The van der Waals surface area contributed by atoms with Crippen LogP contribution in [0.1, 0.15) is 38.0 Å². The van der Waals surface area contributed by atoms with Crippen LogP contribution >= 0.6 is 11.3 Å². The number of aromatic nitrogens is 1. The van der Waals surface area contributed by atoms with Gasteiger partial charge in [-0.1, -0.05) is 20.3 Å². The Hall–Kier alpha value is -2.61. The van der Waals surface area contributed by atoms with Gasteiger partial charge in [-0.15, -0.1) is 11.3 Å². The van der Waals surface area contributed by atoms with Crippen LogP contribution in [-0.2, 0) is 4.79 Å². The van der Waals surface area contributed by atoms with Gasteiger partial charge in [-0.3, -0.25) is 4.79 Å². The van der Waals surface area contributed by atoms with Crippen LogP contribution in [0.25, 0.3) is 11.3 Å². The van der Waals surface area contributed by atoms with E-state index < -0.39 is 6.04 Å². The summed E-state index contributed by atoms with van der Waals surface area (Å²) < 4.78 is 5.21. The fourth-order valence-corrected chi connectivity index (χ4v) is 4.33. The molecular formula is C22H30N4O3S. The molecule has 2 atom stereocenters. The van der Waals surface area contributed by atoms with Crippen LogP contribution in [0.3, 0.4) is 0 Å². The molecule has 3 amide bonds. The first-order chi connectivity index (χ1) is 14.4. The van der Waals surface area contributed by atoms with E-state index in [-0.39, 0.29) is 17.9 Å². The molecular weight excluding hydrogens is 400 g/mol. The van der Waals surface area contributed by atoms with Gasteiger partial charge in [0, 0.05) is 23.5 Å². The minimum atomic E-state index is -0.600. The zero-order valence-corrected chi connectivity index (χ0v) is 18.8. The summed E-state index contributed by atoms with van der Waals surface area (Å²) >= 11 is 1.43. The van der Waals surface area contributed by atoms with E-state index in [1.807, 2.05) is 45.0 Å². The number of benzene rings is 1. The average molecular weight is 431 g/mol. The lowest BCUT2D eigenvalue weighted by Gasteiger charge is -2.26. The first-order valence-electron chi connectivity index (χ1n) is 10.4. The molecule has 1 aliphatic rings. The molecule has 162 valence electrons. The molecule has 7 nitrogen and oxygen atoms in total. The molecule has 30 heavy (non-hydrogen) atoms. The second-order valence-corrected chi connectivity index (χ2v) is 8.85. The van der Waals surface area contributed by atoms with E-state index in [0.29, 0.717) is 5.13 Å². The molecule has 1 saturated heterocycles. The molecule has 0 saturated carbocycles. The predicted molar refractivity (Wildman–Crippen MR) is 120 cm³/mol. The summed E-state index contributed by atoms with van der Waals surface area (Å²) in [7, 11) is 1.63. The molecule has 0 radical (unpaired) electrons. The lowest BCUT2D eigenvalue weighted by Crippen LogP contribution is -2.51. The maximum absolute atomic E-state index is 13.0. The summed E-state index contributed by atoms with van der Waals surface area (Å²) in [6.45, 7) is 7.47. The van der Waals surface area contributed by atoms with Gasteiger partial charge in [-0.25, -0.2) is 9.78 Å². The zero-order valence-electron chi connectivity index (χ0n) is 18.0. The minimum absolute atomic E-state index is 0.0127. The Morgan fingerprint density at radius 2 is 1.90 bits per heavy atom. The largest absolute Gasteiger partial charge is 0.497 e. The fourth-order valence-electron chi connectivity index (χ4n) is 3.50. The number of methoxy groups -OCH3 is 1. The maximum Gasteiger partial charge on any atom is 0.318 e. The normalized spacial score (nSPS) is 15.5. The van der Waals surface area contributed by atoms with Crippen LogP contribution in [0.4, 0.5) is 9.93 Å². The van der Waals surface area contributed by atoms with Crippen molar-refractivity contribution in [3.05, 3.63) is 29.1 Å². The number of amides is 3. The third kappa shape index (κ3) is 5.11. The molecule has 1 unspecified atom stereocenters. The van der Waals surface area contributed by atoms with Gasteiger partial charge in [0.2, 0.25) is 5.91 Å². The van der Waals surface area contributed by atoms with Crippen LogP contribution in [-0.4, -0.2) is 48.1 Å². The van der Waals surface area contributed by atoms with Crippen molar-refractivity contribution in [2.24, 2.45) is 5.92 Å². The molecule has 1 aromatic carbocycles. The number of ether oxygens (including phenoxy) is 1. The van der Waals surface area contributed by atoms with Crippen molar-refractivity contribution in [2.45, 2.75) is 46.1 Å². The van der Waals surface area contributed by atoms with Crippen molar-refractivity contribution in [1.29, 1.82) is 0 Å². The summed E-state index contributed by atoms with van der Waals surface area (Å²) in [5.41, 5.74) is 1.80. The highest BCUT2D eigenvalue weighted by Crippen LogP contribution is 2.31. The number of anilines is 1. The van der Waals surface area contributed by atoms with E-state index >= 15 is 0 Å². The summed E-state index contributed by atoms with van der Waals surface area (Å²) in [6, 6.07) is 6.91. The topological polar surface area (TPSA) is 83.6 Å². The highest BCUT2D eigenvalue weighted by Gasteiger charge is 2.29. The van der Waals surface area contributed by atoms with Crippen LogP contribution in [0.5, 0.6) is 5.75 Å². The van der Waals surface area contributed by atoms with Gasteiger partial charge in [0.1, 0.15) is 11.8 Å². The minimum Gasteiger partial charge on any atom is -0.497 e. The first-order valence-corrected chi connectivity index (χ1v) is 11.2. The Labute approximate surface area is 181 Å². The number of aryl methyl sites for hydroxylation is 1. The molecule has 2 N–H and O–H groups in total. The van der Waals surface area contributed by atoms with Crippen LogP contribution in [0.15, 0.2) is 24.3 Å². The van der Waals surface area contributed by atoms with Crippen molar-refractivity contribution >= 4 is 28.4 Å². The summed E-state index contributed by atoms with van der Waals surface area (Å²) in [4.78, 5) is 33.0. The van der Waals surface area contributed by atoms with Gasteiger partial charge in [-0.05, 0) is 49.9 Å². The van der Waals surface area contributed by atoms with Gasteiger partial charge in [0.25, 0.3) is 0 Å². The van der Waals surface area contributed by atoms with Gasteiger partial charge >= 0.3 is 6.03 Å². The Kier molecular flexibility index (Phi) is 7.31. The first kappa shape index (κ1) is 22.1. The van der Waals surface area contributed by atoms with E-state index in [0.717, 1.165) is 54.2 Å². The number of thiazole rings is 1. The number of carbonyl (C=O) groups excluding carboxylic acids is 2. The van der Waals surface area contributed by atoms with Gasteiger partial charge < -0.3 is 20.3 Å². The standard InChI is InChI=1S/C22H30N4O3S/c1-5-14(2)18(24-22(28)26-12-6-7-13-26)20(27)25-21-23-19(15(3)30-21)16-8-10-17(29-4)11-9-16/h8-11,14,18H,5-7,12-13H2,1-4H3,(H,24,28)(H,23,25,27)/t14?,18-/m0/s1. The van der Waals surface area contributed by atoms with Crippen molar-refractivity contribution in [2.75, 3.05) is 25.5 Å². The van der Waals surface area contributed by atoms with Crippen molar-refractivity contribution < 1.29 is 14.3 Å². The number of nitrogens with one attached hydrogen (secondary N) is 2. The zero-order chi connectivity index (χ0) is 21.7. The monoisotopic (exact) mass is 430 g/mol. The number of likely N-dealkylation sites (tertiary alicyclic amines) is 1. The smallest absolute Gasteiger partial charge is 0.318 e. The van der Waals surface area contributed by atoms with Crippen LogP contribution < -0.4 is 15.4 Å². The summed E-state index contributed by atoms with van der Waals surface area (Å²) in [6.07, 6.45) is 2.81. The van der Waals surface area contributed by atoms with Crippen LogP contribution in [0, 0.1) is 12.8 Å². The summed E-state index contributed by atoms with van der Waals surface area (Å²) in [5, 5.41) is 6.38. The summed E-state index contributed by atoms with van der Waals surface area (Å²) in [5.74, 6) is 0.566. The molecule has 3 rings (SSSR count). The third-order valence-electron chi connectivity index (χ3n) is 5.56. The molecule has 1 fully saturated rings. The van der Waals surface area contributed by atoms with E-state index in [1.165, 1.54) is 11.3 Å². The quantitative estimate of drug-likeness (QED) is 0.687. The number of nitrogens with zero attached hydrogens (tertiary/aromatic N) is 2. The highest BCUT2D eigenvalue weighted by molar-refractivity contribution is 7.16. The molecule has 1 aromatic heterocycles. The maximum atomic E-state index is 13.0. The van der Waals surface area contributed by atoms with Gasteiger partial charge in [-0.2, -0.15) is 0 Å². The fraction of sp³-hybridized carbons (Fsp3) is 0.500. The number of rotatable bonds is 7. The van der Waals surface area contributed by atoms with Gasteiger partial charge in [0.05, 0.1) is 12.8 Å². The van der Waals surface area contributed by atoms with E-state index in [9.17, 15) is 9.59 Å². The third-order valence-corrected chi connectivity index (χ3v) is 6.44. The van der Waals surface area contributed by atoms with E-state index in [1.54, 1.807) is 12.0 Å². The van der Waals surface area contributed by atoms with Gasteiger partial charge in [0.15, 0.2) is 5.13 Å². The second-order valence-electron chi connectivity index (χ2n) is 7.65. The Morgan fingerprint density at radius 1 is 1.23 bits per heavy atom. The molecule has 2 aromatic rings. The Balaban J connectivity index is 1.72. The molecule has 0 aliphatic carbocycles. The second kappa shape index (κ2) is 9.93. The van der Waals surface area contributed by atoms with Crippen molar-refractivity contribution in [3.8, 4) is 17.0 Å². The molecule has 0 spiro atoms. The predicted octanol–water partition coefficient (Wildman–Crippen LogP) is 4.29. The van der Waals surface area contributed by atoms with E-state index in [2.05, 4.69) is 15.6 Å². The number of hydrogen-bond donors (Lipinski definition) is 2. The Morgan fingerprint density at radius 3 is 2.50 bits per heavy atom. The van der Waals surface area contributed by atoms with E-state index in [4.69, 9.17) is 4.74 Å². The van der Waals surface area contributed by atoms with Crippen LogP contribution in [0.2, 0.25) is 0 Å². The molecule has 0 bridgehead atoms. The molecule has 2 heterocycles. The highest BCUT2D eigenvalue weighted by atomic mass is 32.1.